The molecule has 1 atom stereocenters. The molecule has 154 valence electrons. The first-order valence-corrected chi connectivity index (χ1v) is 11.6. The Morgan fingerprint density at radius 3 is 3.13 bits per heavy atom. The molecule has 0 unspecified atom stereocenters. The first kappa shape index (κ1) is 19.3. The van der Waals surface area contributed by atoms with Crippen LogP contribution in [-0.2, 0) is 25.1 Å². The quantitative estimate of drug-likeness (QED) is 0.244. The average molecular weight is 441 g/mol. The van der Waals surface area contributed by atoms with Crippen LogP contribution in [0, 0.1) is 5.92 Å². The molecule has 5 rings (SSSR count). The number of rotatable bonds is 6. The van der Waals surface area contributed by atoms with Crippen molar-refractivity contribution in [3.05, 3.63) is 57.7 Å². The van der Waals surface area contributed by atoms with Crippen LogP contribution in [0.25, 0.3) is 21.8 Å². The number of hydrogen-bond donors (Lipinski definition) is 0. The zero-order valence-electron chi connectivity index (χ0n) is 16.5. The van der Waals surface area contributed by atoms with E-state index in [2.05, 4.69) is 23.6 Å². The van der Waals surface area contributed by atoms with E-state index >= 15 is 0 Å². The minimum atomic E-state index is 0.0104. The normalized spacial score (nSPS) is 16.1. The zero-order valence-corrected chi connectivity index (χ0v) is 18.1. The zero-order chi connectivity index (χ0) is 20.7. The number of aryl methyl sites for hydroxylation is 1. The molecular weight excluding hydrogens is 420 g/mol. The van der Waals surface area contributed by atoms with Gasteiger partial charge in [-0.25, -0.2) is 4.98 Å². The highest BCUT2D eigenvalue weighted by molar-refractivity contribution is 7.98. The molecule has 1 aliphatic rings. The van der Waals surface area contributed by atoms with E-state index in [0.717, 1.165) is 29.5 Å². The van der Waals surface area contributed by atoms with Gasteiger partial charge < -0.3 is 8.94 Å². The van der Waals surface area contributed by atoms with Gasteiger partial charge in [0.25, 0.3) is 5.56 Å². The number of nitrogens with zero attached hydrogens (tertiary/aromatic N) is 4. The summed E-state index contributed by atoms with van der Waals surface area (Å²) in [6, 6.07) is 3.55. The second-order valence-corrected chi connectivity index (χ2v) is 9.43. The fourth-order valence-corrected chi connectivity index (χ4v) is 6.02. The van der Waals surface area contributed by atoms with E-state index in [1.165, 1.54) is 22.2 Å². The van der Waals surface area contributed by atoms with Gasteiger partial charge in [-0.15, -0.1) is 17.9 Å². The molecule has 0 N–H and O–H groups in total. The molecule has 0 fully saturated rings. The Bertz CT molecular complexity index is 1270. The molecule has 0 spiro atoms. The van der Waals surface area contributed by atoms with Crippen LogP contribution in [0.3, 0.4) is 0 Å². The number of thioether (sulfide) groups is 1. The summed E-state index contributed by atoms with van der Waals surface area (Å²) in [7, 11) is 0. The number of thiophene rings is 1. The summed E-state index contributed by atoms with van der Waals surface area (Å²) >= 11 is 3.07. The summed E-state index contributed by atoms with van der Waals surface area (Å²) in [6.07, 6.45) is 6.38. The van der Waals surface area contributed by atoms with Crippen LogP contribution >= 0.6 is 23.1 Å². The van der Waals surface area contributed by atoms with Crippen molar-refractivity contribution in [1.29, 1.82) is 0 Å². The van der Waals surface area contributed by atoms with E-state index in [1.54, 1.807) is 40.4 Å². The molecule has 0 saturated carbocycles. The minimum absolute atomic E-state index is 0.0104. The molecule has 4 aromatic heterocycles. The maximum Gasteiger partial charge on any atom is 0.263 e. The van der Waals surface area contributed by atoms with Gasteiger partial charge >= 0.3 is 0 Å². The highest BCUT2D eigenvalue weighted by Gasteiger charge is 2.24. The van der Waals surface area contributed by atoms with Gasteiger partial charge in [-0.1, -0.05) is 29.9 Å². The Morgan fingerprint density at radius 2 is 2.33 bits per heavy atom. The number of furan rings is 1. The van der Waals surface area contributed by atoms with E-state index < -0.39 is 0 Å². The largest absolute Gasteiger partial charge is 0.461 e. The topological polar surface area (TPSA) is 86.9 Å². The second kappa shape index (κ2) is 7.88. The lowest BCUT2D eigenvalue weighted by Gasteiger charge is -2.17. The van der Waals surface area contributed by atoms with E-state index in [9.17, 15) is 4.79 Å². The monoisotopic (exact) mass is 440 g/mol. The predicted molar refractivity (Wildman–Crippen MR) is 117 cm³/mol. The van der Waals surface area contributed by atoms with Gasteiger partial charge in [-0.2, -0.15) is 4.98 Å². The molecule has 0 saturated heterocycles. The Labute approximate surface area is 180 Å². The van der Waals surface area contributed by atoms with Crippen molar-refractivity contribution < 1.29 is 8.94 Å². The standard InChI is InChI=1S/C21H20N4O3S2/c1-3-8-25-20(26)17-13-7-6-12(2)10-15(13)30-19(17)23-21(25)29-11-16-22-18(24-28-16)14-5-4-9-27-14/h3-5,9,12H,1,6-8,10-11H2,2H3/t12-/m0/s1. The van der Waals surface area contributed by atoms with E-state index in [0.29, 0.717) is 40.8 Å². The number of hydrogen-bond acceptors (Lipinski definition) is 8. The summed E-state index contributed by atoms with van der Waals surface area (Å²) in [5, 5.41) is 5.37. The maximum absolute atomic E-state index is 13.3. The third-order valence-corrected chi connectivity index (χ3v) is 7.34. The molecular formula is C21H20N4O3S2. The van der Waals surface area contributed by atoms with Crippen molar-refractivity contribution in [2.45, 2.75) is 43.6 Å². The Balaban J connectivity index is 1.48. The van der Waals surface area contributed by atoms with Gasteiger partial charge in [0.05, 0.1) is 17.4 Å². The first-order valence-electron chi connectivity index (χ1n) is 9.79. The molecule has 4 aromatic rings. The molecule has 30 heavy (non-hydrogen) atoms. The smallest absolute Gasteiger partial charge is 0.263 e. The van der Waals surface area contributed by atoms with Gasteiger partial charge in [0.15, 0.2) is 10.9 Å². The third-order valence-electron chi connectivity index (χ3n) is 5.23. The number of allylic oxidation sites excluding steroid dienone is 1. The van der Waals surface area contributed by atoms with E-state index in [4.69, 9.17) is 13.9 Å². The highest BCUT2D eigenvalue weighted by atomic mass is 32.2. The third kappa shape index (κ3) is 3.41. The van der Waals surface area contributed by atoms with Crippen LogP contribution in [0.1, 0.15) is 29.7 Å². The van der Waals surface area contributed by atoms with Crippen LogP contribution in [0.15, 0.2) is 49.9 Å². The van der Waals surface area contributed by atoms with Crippen molar-refractivity contribution in [2.24, 2.45) is 5.92 Å². The molecule has 4 heterocycles. The molecule has 0 aliphatic heterocycles. The molecule has 0 bridgehead atoms. The van der Waals surface area contributed by atoms with Crippen LogP contribution in [0.5, 0.6) is 0 Å². The van der Waals surface area contributed by atoms with Gasteiger partial charge in [0, 0.05) is 11.4 Å². The molecule has 7 nitrogen and oxygen atoms in total. The lowest BCUT2D eigenvalue weighted by Crippen LogP contribution is -2.23. The Hall–Kier alpha value is -2.65. The van der Waals surface area contributed by atoms with Crippen LogP contribution in [-0.4, -0.2) is 19.7 Å². The van der Waals surface area contributed by atoms with Gasteiger partial charge in [-0.05, 0) is 42.9 Å². The highest BCUT2D eigenvalue weighted by Crippen LogP contribution is 2.36. The summed E-state index contributed by atoms with van der Waals surface area (Å²) in [6.45, 7) is 6.48. The first-order chi connectivity index (χ1) is 14.6. The van der Waals surface area contributed by atoms with Crippen LogP contribution in [0.4, 0.5) is 0 Å². The SMILES string of the molecule is C=CCn1c(SCc2nc(-c3ccco3)no2)nc2sc3c(c2c1=O)CC[C@H](C)C3. The van der Waals surface area contributed by atoms with E-state index in [1.807, 2.05) is 0 Å². The Kier molecular flexibility index (Phi) is 5.08. The van der Waals surface area contributed by atoms with Crippen molar-refractivity contribution in [3.8, 4) is 11.6 Å². The Morgan fingerprint density at radius 1 is 1.43 bits per heavy atom. The summed E-state index contributed by atoms with van der Waals surface area (Å²) in [5.41, 5.74) is 1.20. The van der Waals surface area contributed by atoms with Crippen LogP contribution in [0.2, 0.25) is 0 Å². The fraction of sp³-hybridized carbons (Fsp3) is 0.333. The summed E-state index contributed by atoms with van der Waals surface area (Å²) in [5.74, 6) is 2.46. The molecule has 1 aliphatic carbocycles. The fourth-order valence-electron chi connectivity index (χ4n) is 3.75. The second-order valence-electron chi connectivity index (χ2n) is 7.41. The van der Waals surface area contributed by atoms with Crippen LogP contribution < -0.4 is 5.56 Å². The van der Waals surface area contributed by atoms with Crippen molar-refractivity contribution in [1.82, 2.24) is 19.7 Å². The lowest BCUT2D eigenvalue weighted by molar-refractivity contribution is 0.390. The summed E-state index contributed by atoms with van der Waals surface area (Å²) < 4.78 is 12.3. The number of fused-ring (bicyclic) bond motifs is 3. The van der Waals surface area contributed by atoms with E-state index in [-0.39, 0.29) is 5.56 Å². The molecule has 0 radical (unpaired) electrons. The summed E-state index contributed by atoms with van der Waals surface area (Å²) in [4.78, 5) is 24.7. The van der Waals surface area contributed by atoms with Crippen molar-refractivity contribution in [2.75, 3.05) is 0 Å². The lowest BCUT2D eigenvalue weighted by atomic mass is 9.89. The van der Waals surface area contributed by atoms with Gasteiger partial charge in [0.1, 0.15) is 4.83 Å². The van der Waals surface area contributed by atoms with Gasteiger partial charge in [-0.3, -0.25) is 9.36 Å². The molecule has 0 aromatic carbocycles. The molecule has 9 heteroatoms. The molecule has 0 amide bonds. The predicted octanol–water partition coefficient (Wildman–Crippen LogP) is 4.70. The van der Waals surface area contributed by atoms with Crippen molar-refractivity contribution >= 4 is 33.3 Å². The average Bonchev–Trinajstić information content (AvgIpc) is 3.47. The minimum Gasteiger partial charge on any atom is -0.461 e. The van der Waals surface area contributed by atoms with Gasteiger partial charge in [0.2, 0.25) is 11.7 Å². The number of aromatic nitrogens is 4. The van der Waals surface area contributed by atoms with Crippen molar-refractivity contribution in [3.63, 3.8) is 0 Å². The maximum atomic E-state index is 13.3.